The molecule has 5 rings (SSSR count). The molecule has 1 aromatic carbocycles. The van der Waals surface area contributed by atoms with Gasteiger partial charge < -0.3 is 9.84 Å². The molecule has 3 aliphatic rings. The predicted molar refractivity (Wildman–Crippen MR) is 103 cm³/mol. The van der Waals surface area contributed by atoms with Crippen LogP contribution in [0.5, 0.6) is 5.75 Å². The minimum absolute atomic E-state index is 0.193. The zero-order chi connectivity index (χ0) is 17.6. The lowest BCUT2D eigenvalue weighted by Crippen LogP contribution is -2.56. The fourth-order valence-corrected chi connectivity index (χ4v) is 5.30. The lowest BCUT2D eigenvalue weighted by molar-refractivity contribution is -0.0544. The van der Waals surface area contributed by atoms with Gasteiger partial charge in [0.15, 0.2) is 0 Å². The smallest absolute Gasteiger partial charge is 0.119 e. The second-order valence-corrected chi connectivity index (χ2v) is 8.86. The van der Waals surface area contributed by atoms with E-state index in [0.29, 0.717) is 16.7 Å². The summed E-state index contributed by atoms with van der Waals surface area (Å²) in [6.45, 7) is 4.42. The van der Waals surface area contributed by atoms with Crippen LogP contribution in [0.25, 0.3) is 10.9 Å². The van der Waals surface area contributed by atoms with Crippen LogP contribution in [0.15, 0.2) is 30.5 Å². The van der Waals surface area contributed by atoms with Crippen LogP contribution in [-0.2, 0) is 0 Å². The fraction of sp³-hybridized carbons (Fsp3) is 0.550. The Morgan fingerprint density at radius 3 is 2.88 bits per heavy atom. The molecule has 3 fully saturated rings. The van der Waals surface area contributed by atoms with Gasteiger partial charge in [0, 0.05) is 29.0 Å². The Morgan fingerprint density at radius 2 is 2.20 bits per heavy atom. The Morgan fingerprint density at radius 1 is 1.36 bits per heavy atom. The summed E-state index contributed by atoms with van der Waals surface area (Å²) < 4.78 is 5.37. The summed E-state index contributed by atoms with van der Waals surface area (Å²) in [4.78, 5) is 7.46. The third kappa shape index (κ3) is 3.07. The van der Waals surface area contributed by atoms with Gasteiger partial charge in [-0.3, -0.25) is 9.88 Å². The van der Waals surface area contributed by atoms with E-state index in [1.54, 1.807) is 13.3 Å². The number of aliphatic hydroxyl groups is 1. The maximum Gasteiger partial charge on any atom is 0.119 e. The maximum absolute atomic E-state index is 11.2. The number of pyridine rings is 1. The molecule has 1 aromatic heterocycles. The van der Waals surface area contributed by atoms with Gasteiger partial charge in [-0.15, -0.1) is 0 Å². The molecule has 134 valence electrons. The summed E-state index contributed by atoms with van der Waals surface area (Å²) >= 11 is 3.78. The summed E-state index contributed by atoms with van der Waals surface area (Å²) in [5, 5.41) is 12.2. The lowest BCUT2D eigenvalue weighted by Gasteiger charge is -2.52. The summed E-state index contributed by atoms with van der Waals surface area (Å²) in [5.41, 5.74) is 1.87. The molecule has 3 saturated heterocycles. The normalized spacial score (nSPS) is 31.0. The van der Waals surface area contributed by atoms with E-state index in [0.717, 1.165) is 41.7 Å². The molecule has 0 amide bonds. The number of hydrogen-bond acceptors (Lipinski definition) is 4. The first-order chi connectivity index (χ1) is 12.1. The van der Waals surface area contributed by atoms with Crippen molar-refractivity contribution in [3.05, 3.63) is 36.0 Å². The van der Waals surface area contributed by atoms with Crippen LogP contribution in [0, 0.1) is 11.8 Å². The highest BCUT2D eigenvalue weighted by atomic mass is 79.9. The topological polar surface area (TPSA) is 45.6 Å². The summed E-state index contributed by atoms with van der Waals surface area (Å²) in [6.07, 6.45) is 3.62. The largest absolute Gasteiger partial charge is 0.497 e. The average Bonchev–Trinajstić information content (AvgIpc) is 2.66. The molecule has 2 bridgehead atoms. The SMILES string of the molecule is COc1ccc2nccc([C@H](O)[C@H]3C[C@@H]4CCN3C[C@@H]4[C@@H](C)Br)c2c1. The second kappa shape index (κ2) is 6.86. The van der Waals surface area contributed by atoms with Crippen LogP contribution in [0.3, 0.4) is 0 Å². The van der Waals surface area contributed by atoms with E-state index in [2.05, 4.69) is 32.7 Å². The molecule has 0 radical (unpaired) electrons. The number of fused-ring (bicyclic) bond motifs is 4. The predicted octanol–water partition coefficient (Wildman–Crippen LogP) is 3.77. The summed E-state index contributed by atoms with van der Waals surface area (Å²) in [5.74, 6) is 2.18. The Balaban J connectivity index is 1.66. The standard InChI is InChI=1S/C20H25BrN2O2/c1-12(21)17-11-23-8-6-13(17)9-19(23)20(24)15-5-7-22-18-4-3-14(25-2)10-16(15)18/h3-5,7,10,12-13,17,19-20,24H,6,8-9,11H2,1-2H3/t12-,13+,17-,19-,20+/m1/s1. The van der Waals surface area contributed by atoms with Gasteiger partial charge in [-0.2, -0.15) is 0 Å². The second-order valence-electron chi connectivity index (χ2n) is 7.42. The maximum atomic E-state index is 11.2. The highest BCUT2D eigenvalue weighted by Gasteiger charge is 2.44. The minimum Gasteiger partial charge on any atom is -0.497 e. The number of aliphatic hydroxyl groups excluding tert-OH is 1. The van der Waals surface area contributed by atoms with Gasteiger partial charge in [0.05, 0.1) is 18.7 Å². The number of piperidine rings is 3. The van der Waals surface area contributed by atoms with E-state index in [1.165, 1.54) is 6.42 Å². The molecule has 6 atom stereocenters. The van der Waals surface area contributed by atoms with Crippen LogP contribution in [0.1, 0.15) is 31.4 Å². The van der Waals surface area contributed by atoms with Crippen molar-refractivity contribution in [2.75, 3.05) is 20.2 Å². The Hall–Kier alpha value is -1.17. The van der Waals surface area contributed by atoms with E-state index in [1.807, 2.05) is 24.3 Å². The minimum atomic E-state index is -0.494. The molecule has 3 aliphatic heterocycles. The van der Waals surface area contributed by atoms with Gasteiger partial charge in [-0.25, -0.2) is 0 Å². The third-order valence-electron chi connectivity index (χ3n) is 6.11. The molecular formula is C20H25BrN2O2. The van der Waals surface area contributed by atoms with Crippen LogP contribution >= 0.6 is 15.9 Å². The fourth-order valence-electron chi connectivity index (χ4n) is 4.70. The van der Waals surface area contributed by atoms with Crippen molar-refractivity contribution in [1.29, 1.82) is 0 Å². The highest BCUT2D eigenvalue weighted by Crippen LogP contribution is 2.44. The number of hydrogen-bond donors (Lipinski definition) is 1. The first-order valence-electron chi connectivity index (χ1n) is 9.07. The average molecular weight is 405 g/mol. The summed E-state index contributed by atoms with van der Waals surface area (Å²) in [7, 11) is 1.67. The van der Waals surface area contributed by atoms with Crippen molar-refractivity contribution in [3.63, 3.8) is 0 Å². The monoisotopic (exact) mass is 404 g/mol. The van der Waals surface area contributed by atoms with E-state index in [-0.39, 0.29) is 6.04 Å². The van der Waals surface area contributed by atoms with Crippen molar-refractivity contribution in [2.24, 2.45) is 11.8 Å². The zero-order valence-electron chi connectivity index (χ0n) is 14.7. The molecule has 4 nitrogen and oxygen atoms in total. The van der Waals surface area contributed by atoms with Gasteiger partial charge in [0.2, 0.25) is 0 Å². The van der Waals surface area contributed by atoms with Crippen LogP contribution < -0.4 is 4.74 Å². The molecule has 4 heterocycles. The molecule has 0 saturated carbocycles. The number of nitrogens with zero attached hydrogens (tertiary/aromatic N) is 2. The molecule has 1 N–H and O–H groups in total. The van der Waals surface area contributed by atoms with Crippen LogP contribution in [0.4, 0.5) is 0 Å². The molecule has 2 aromatic rings. The number of ether oxygens (including phenoxy) is 1. The molecule has 0 aliphatic carbocycles. The number of halogens is 1. The van der Waals surface area contributed by atoms with Crippen molar-refractivity contribution in [3.8, 4) is 5.75 Å². The Labute approximate surface area is 157 Å². The van der Waals surface area contributed by atoms with Crippen molar-refractivity contribution in [2.45, 2.75) is 36.7 Å². The Kier molecular flexibility index (Phi) is 4.73. The molecule has 5 heteroatoms. The number of rotatable bonds is 4. The van der Waals surface area contributed by atoms with Gasteiger partial charge >= 0.3 is 0 Å². The van der Waals surface area contributed by atoms with Crippen LogP contribution in [-0.4, -0.2) is 46.1 Å². The molecule has 0 spiro atoms. The number of benzene rings is 1. The van der Waals surface area contributed by atoms with Crippen LogP contribution in [0.2, 0.25) is 0 Å². The van der Waals surface area contributed by atoms with Crippen molar-refractivity contribution < 1.29 is 9.84 Å². The number of aromatic nitrogens is 1. The van der Waals surface area contributed by atoms with Gasteiger partial charge in [0.25, 0.3) is 0 Å². The van der Waals surface area contributed by atoms with E-state index in [9.17, 15) is 5.11 Å². The van der Waals surface area contributed by atoms with E-state index < -0.39 is 6.10 Å². The third-order valence-corrected chi connectivity index (χ3v) is 6.79. The molecular weight excluding hydrogens is 380 g/mol. The Bertz CT molecular complexity index is 766. The lowest BCUT2D eigenvalue weighted by atomic mass is 9.72. The summed E-state index contributed by atoms with van der Waals surface area (Å²) in [6, 6.07) is 8.01. The number of alkyl halides is 1. The van der Waals surface area contributed by atoms with E-state index >= 15 is 0 Å². The molecule has 1 unspecified atom stereocenters. The van der Waals surface area contributed by atoms with Crippen molar-refractivity contribution >= 4 is 26.8 Å². The first-order valence-corrected chi connectivity index (χ1v) is 9.99. The highest BCUT2D eigenvalue weighted by molar-refractivity contribution is 9.09. The van der Waals surface area contributed by atoms with Gasteiger partial charge in [-0.05, 0) is 61.1 Å². The van der Waals surface area contributed by atoms with Gasteiger partial charge in [-0.1, -0.05) is 22.9 Å². The van der Waals surface area contributed by atoms with Crippen molar-refractivity contribution in [1.82, 2.24) is 9.88 Å². The van der Waals surface area contributed by atoms with E-state index in [4.69, 9.17) is 4.74 Å². The first kappa shape index (κ1) is 17.3. The van der Waals surface area contributed by atoms with Gasteiger partial charge in [0.1, 0.15) is 5.75 Å². The molecule has 25 heavy (non-hydrogen) atoms. The quantitative estimate of drug-likeness (QED) is 0.787. The zero-order valence-corrected chi connectivity index (χ0v) is 16.3. The number of methoxy groups -OCH3 is 1.